The number of esters is 1. The Balaban J connectivity index is 1.54. The van der Waals surface area contributed by atoms with E-state index in [4.69, 9.17) is 4.74 Å². The Morgan fingerprint density at radius 2 is 1.59 bits per heavy atom. The number of hydrogen-bond acceptors (Lipinski definition) is 4. The fraction of sp³-hybridized carbons (Fsp3) is 0.115. The van der Waals surface area contributed by atoms with Gasteiger partial charge in [-0.2, -0.15) is 0 Å². The van der Waals surface area contributed by atoms with Crippen molar-refractivity contribution in [2.24, 2.45) is 0 Å². The maximum atomic E-state index is 12.9. The fourth-order valence-corrected chi connectivity index (χ4v) is 3.75. The Morgan fingerprint density at radius 3 is 2.31 bits per heavy atom. The van der Waals surface area contributed by atoms with Crippen LogP contribution in [0, 0.1) is 13.8 Å². The van der Waals surface area contributed by atoms with E-state index in [-0.39, 0.29) is 6.61 Å². The highest BCUT2D eigenvalue weighted by atomic mass is 79.9. The van der Waals surface area contributed by atoms with Gasteiger partial charge >= 0.3 is 5.97 Å². The number of para-hydroxylation sites is 1. The quantitative estimate of drug-likeness (QED) is 0.345. The number of pyridine rings is 1. The van der Waals surface area contributed by atoms with E-state index < -0.39 is 11.9 Å². The molecule has 0 aliphatic carbocycles. The number of anilines is 1. The number of rotatable bonds is 5. The number of aromatic nitrogens is 1. The van der Waals surface area contributed by atoms with E-state index in [0.717, 1.165) is 21.2 Å². The molecule has 1 amide bonds. The maximum Gasteiger partial charge on any atom is 0.339 e. The van der Waals surface area contributed by atoms with Crippen LogP contribution in [-0.4, -0.2) is 23.5 Å². The number of carbonyl (C=O) groups excluding carboxylic acids is 2. The summed E-state index contributed by atoms with van der Waals surface area (Å²) in [6, 6.07) is 22.4. The number of carbonyl (C=O) groups is 2. The molecule has 6 heteroatoms. The number of ether oxygens (including phenoxy) is 1. The first-order valence-electron chi connectivity index (χ1n) is 10.1. The highest BCUT2D eigenvalue weighted by Gasteiger charge is 2.17. The molecule has 0 saturated heterocycles. The molecule has 1 heterocycles. The fourth-order valence-electron chi connectivity index (χ4n) is 3.53. The Bertz CT molecular complexity index is 1300. The number of amides is 1. The highest BCUT2D eigenvalue weighted by molar-refractivity contribution is 9.10. The van der Waals surface area contributed by atoms with Gasteiger partial charge in [-0.05, 0) is 49.2 Å². The predicted molar refractivity (Wildman–Crippen MR) is 130 cm³/mol. The number of nitrogens with one attached hydrogen (secondary N) is 1. The van der Waals surface area contributed by atoms with E-state index in [0.29, 0.717) is 27.8 Å². The zero-order valence-electron chi connectivity index (χ0n) is 17.7. The van der Waals surface area contributed by atoms with Gasteiger partial charge in [0.05, 0.1) is 16.8 Å². The molecule has 1 N–H and O–H groups in total. The van der Waals surface area contributed by atoms with Crippen molar-refractivity contribution >= 4 is 44.4 Å². The molecule has 0 unspecified atom stereocenters. The van der Waals surface area contributed by atoms with Gasteiger partial charge < -0.3 is 10.1 Å². The van der Waals surface area contributed by atoms with Gasteiger partial charge in [0.2, 0.25) is 0 Å². The Hall–Kier alpha value is -3.51. The van der Waals surface area contributed by atoms with E-state index in [1.54, 1.807) is 6.07 Å². The molecule has 4 aromatic rings. The highest BCUT2D eigenvalue weighted by Crippen LogP contribution is 2.26. The first-order chi connectivity index (χ1) is 15.4. The van der Waals surface area contributed by atoms with Gasteiger partial charge in [-0.15, -0.1) is 0 Å². The summed E-state index contributed by atoms with van der Waals surface area (Å²) in [7, 11) is 0. The van der Waals surface area contributed by atoms with Gasteiger partial charge in [-0.3, -0.25) is 4.79 Å². The third-order valence-corrected chi connectivity index (χ3v) is 6.31. The number of benzene rings is 3. The van der Waals surface area contributed by atoms with Crippen molar-refractivity contribution in [3.8, 4) is 11.3 Å². The Labute approximate surface area is 194 Å². The molecule has 3 aromatic carbocycles. The second-order valence-electron chi connectivity index (χ2n) is 7.49. The zero-order chi connectivity index (χ0) is 22.7. The molecule has 32 heavy (non-hydrogen) atoms. The summed E-state index contributed by atoms with van der Waals surface area (Å²) < 4.78 is 6.36. The van der Waals surface area contributed by atoms with Crippen LogP contribution in [0.15, 0.2) is 77.3 Å². The molecule has 0 spiro atoms. The largest absolute Gasteiger partial charge is 0.452 e. The second kappa shape index (κ2) is 9.32. The molecular weight excluding hydrogens is 468 g/mol. The second-order valence-corrected chi connectivity index (χ2v) is 8.28. The number of aryl methyl sites for hydroxylation is 2. The lowest BCUT2D eigenvalue weighted by atomic mass is 10.0. The smallest absolute Gasteiger partial charge is 0.339 e. The molecular formula is C26H21BrN2O3. The van der Waals surface area contributed by atoms with Gasteiger partial charge in [0.1, 0.15) is 0 Å². The van der Waals surface area contributed by atoms with Crippen LogP contribution < -0.4 is 5.32 Å². The van der Waals surface area contributed by atoms with Gasteiger partial charge in [0, 0.05) is 21.1 Å². The third kappa shape index (κ3) is 4.70. The van der Waals surface area contributed by atoms with Gasteiger partial charge in [0.15, 0.2) is 6.61 Å². The average molecular weight is 489 g/mol. The summed E-state index contributed by atoms with van der Waals surface area (Å²) in [6.07, 6.45) is 0. The van der Waals surface area contributed by atoms with E-state index in [2.05, 4.69) is 26.2 Å². The monoisotopic (exact) mass is 488 g/mol. The average Bonchev–Trinajstić information content (AvgIpc) is 2.80. The molecule has 0 fully saturated rings. The van der Waals surface area contributed by atoms with Crippen molar-refractivity contribution in [2.75, 3.05) is 11.9 Å². The van der Waals surface area contributed by atoms with Crippen LogP contribution in [0.3, 0.4) is 0 Å². The molecule has 0 radical (unpaired) electrons. The van der Waals surface area contributed by atoms with Crippen LogP contribution >= 0.6 is 15.9 Å². The topological polar surface area (TPSA) is 68.3 Å². The summed E-state index contributed by atoms with van der Waals surface area (Å²) in [4.78, 5) is 30.0. The number of hydrogen-bond donors (Lipinski definition) is 1. The zero-order valence-corrected chi connectivity index (χ0v) is 19.3. The van der Waals surface area contributed by atoms with Crippen molar-refractivity contribution in [1.29, 1.82) is 0 Å². The van der Waals surface area contributed by atoms with Gasteiger partial charge in [-0.1, -0.05) is 64.5 Å². The van der Waals surface area contributed by atoms with Gasteiger partial charge in [0.25, 0.3) is 5.91 Å². The summed E-state index contributed by atoms with van der Waals surface area (Å²) in [6.45, 7) is 3.52. The van der Waals surface area contributed by atoms with E-state index in [1.165, 1.54) is 0 Å². The summed E-state index contributed by atoms with van der Waals surface area (Å²) >= 11 is 3.51. The maximum absolute atomic E-state index is 12.9. The Morgan fingerprint density at radius 1 is 0.938 bits per heavy atom. The molecule has 0 saturated carbocycles. The van der Waals surface area contributed by atoms with Crippen LogP contribution in [0.1, 0.15) is 21.5 Å². The lowest BCUT2D eigenvalue weighted by Crippen LogP contribution is -2.21. The number of nitrogens with zero attached hydrogens (tertiary/aromatic N) is 1. The molecule has 0 aliphatic rings. The summed E-state index contributed by atoms with van der Waals surface area (Å²) in [5.74, 6) is -0.972. The third-order valence-electron chi connectivity index (χ3n) is 5.06. The first-order valence-corrected chi connectivity index (χ1v) is 10.9. The minimum absolute atomic E-state index is 0.373. The van der Waals surface area contributed by atoms with Crippen LogP contribution in [0.25, 0.3) is 22.2 Å². The molecule has 0 atom stereocenters. The van der Waals surface area contributed by atoms with E-state index >= 15 is 0 Å². The standard InChI is InChI=1S/C26H21BrN2O3/c1-16-12-19(13-17(2)25(16)27)28-24(30)15-32-26(31)21-14-23(18-8-4-3-5-9-18)29-22-11-7-6-10-20(21)22/h3-14H,15H2,1-2H3,(H,28,30). The van der Waals surface area contributed by atoms with Crippen molar-refractivity contribution in [3.05, 3.63) is 94.0 Å². The van der Waals surface area contributed by atoms with Crippen LogP contribution in [0.2, 0.25) is 0 Å². The molecule has 5 nitrogen and oxygen atoms in total. The van der Waals surface area contributed by atoms with E-state index in [1.807, 2.05) is 80.6 Å². The lowest BCUT2D eigenvalue weighted by Gasteiger charge is -2.11. The first kappa shape index (κ1) is 21.7. The molecule has 0 aliphatic heterocycles. The van der Waals surface area contributed by atoms with Crippen molar-refractivity contribution in [3.63, 3.8) is 0 Å². The van der Waals surface area contributed by atoms with Gasteiger partial charge in [-0.25, -0.2) is 9.78 Å². The van der Waals surface area contributed by atoms with Crippen molar-refractivity contribution < 1.29 is 14.3 Å². The summed E-state index contributed by atoms with van der Waals surface area (Å²) in [5.41, 5.74) is 5.30. The number of halogens is 1. The molecule has 0 bridgehead atoms. The van der Waals surface area contributed by atoms with Crippen molar-refractivity contribution in [2.45, 2.75) is 13.8 Å². The number of fused-ring (bicyclic) bond motifs is 1. The molecule has 1 aromatic heterocycles. The SMILES string of the molecule is Cc1cc(NC(=O)COC(=O)c2cc(-c3ccccc3)nc3ccccc23)cc(C)c1Br. The minimum Gasteiger partial charge on any atom is -0.452 e. The molecule has 4 rings (SSSR count). The van der Waals surface area contributed by atoms with Crippen LogP contribution in [0.5, 0.6) is 0 Å². The van der Waals surface area contributed by atoms with Crippen LogP contribution in [0.4, 0.5) is 5.69 Å². The van der Waals surface area contributed by atoms with Crippen LogP contribution in [-0.2, 0) is 9.53 Å². The normalized spacial score (nSPS) is 10.7. The van der Waals surface area contributed by atoms with Crippen molar-refractivity contribution in [1.82, 2.24) is 4.98 Å². The lowest BCUT2D eigenvalue weighted by molar-refractivity contribution is -0.119. The summed E-state index contributed by atoms with van der Waals surface area (Å²) in [5, 5.41) is 3.46. The van der Waals surface area contributed by atoms with E-state index in [9.17, 15) is 9.59 Å². The Kier molecular flexibility index (Phi) is 6.32. The minimum atomic E-state index is -0.570. The molecule has 160 valence electrons. The predicted octanol–water partition coefficient (Wildman–Crippen LogP) is 6.08.